The van der Waals surface area contributed by atoms with E-state index in [1.165, 1.54) is 12.1 Å². The van der Waals surface area contributed by atoms with Gasteiger partial charge >= 0.3 is 0 Å². The Morgan fingerprint density at radius 1 is 1.18 bits per heavy atom. The highest BCUT2D eigenvalue weighted by atomic mass is 19.1. The van der Waals surface area contributed by atoms with Crippen molar-refractivity contribution < 1.29 is 13.9 Å². The van der Waals surface area contributed by atoms with E-state index in [-0.39, 0.29) is 17.6 Å². The molecule has 1 amide bonds. The second-order valence-electron chi connectivity index (χ2n) is 6.80. The average Bonchev–Trinajstić information content (AvgIpc) is 3.24. The van der Waals surface area contributed by atoms with Crippen molar-refractivity contribution in [1.82, 2.24) is 25.1 Å². The molecule has 1 fully saturated rings. The molecule has 1 aliphatic heterocycles. The minimum atomic E-state index is -0.316. The fourth-order valence-electron chi connectivity index (χ4n) is 3.31. The average molecular weight is 381 g/mol. The molecular weight excluding hydrogens is 361 g/mol. The summed E-state index contributed by atoms with van der Waals surface area (Å²) in [6, 6.07) is 9.24. The van der Waals surface area contributed by atoms with Crippen molar-refractivity contribution in [2.75, 3.05) is 13.1 Å². The van der Waals surface area contributed by atoms with Crippen molar-refractivity contribution in [2.24, 2.45) is 0 Å². The standard InChI is InChI=1S/C20H20FN5O2/c1-13-12-18(28-16-4-2-15(21)3-5-16)24-19(23-13)14-7-10-26(11-8-14)20(27)17-6-9-22-25-17/h2-6,9,12,14H,7-8,10-11H2,1H3,(H,22,25). The van der Waals surface area contributed by atoms with Crippen LogP contribution >= 0.6 is 0 Å². The molecule has 8 heteroatoms. The van der Waals surface area contributed by atoms with Gasteiger partial charge in [-0.3, -0.25) is 9.89 Å². The number of hydrogen-bond donors (Lipinski definition) is 1. The summed E-state index contributed by atoms with van der Waals surface area (Å²) in [5.41, 5.74) is 1.30. The van der Waals surface area contributed by atoms with E-state index in [9.17, 15) is 9.18 Å². The first-order chi connectivity index (χ1) is 13.6. The van der Waals surface area contributed by atoms with Crippen LogP contribution in [0.4, 0.5) is 4.39 Å². The SMILES string of the molecule is Cc1cc(Oc2ccc(F)cc2)nc(C2CCN(C(=O)c3ccn[nH]3)CC2)n1. The molecule has 1 aromatic carbocycles. The Bertz CT molecular complexity index is 951. The van der Waals surface area contributed by atoms with E-state index in [1.54, 1.807) is 30.5 Å². The third-order valence-electron chi connectivity index (χ3n) is 4.76. The van der Waals surface area contributed by atoms with Gasteiger partial charge in [0.2, 0.25) is 5.88 Å². The fourth-order valence-corrected chi connectivity index (χ4v) is 3.31. The number of nitrogens with one attached hydrogen (secondary N) is 1. The third kappa shape index (κ3) is 4.00. The zero-order chi connectivity index (χ0) is 19.5. The van der Waals surface area contributed by atoms with Gasteiger partial charge in [0.1, 0.15) is 23.1 Å². The summed E-state index contributed by atoms with van der Waals surface area (Å²) in [6.45, 7) is 3.15. The predicted octanol–water partition coefficient (Wildman–Crippen LogP) is 3.46. The molecule has 0 bridgehead atoms. The lowest BCUT2D eigenvalue weighted by Gasteiger charge is -2.31. The van der Waals surface area contributed by atoms with Crippen LogP contribution in [0.25, 0.3) is 0 Å². The summed E-state index contributed by atoms with van der Waals surface area (Å²) < 4.78 is 18.8. The lowest BCUT2D eigenvalue weighted by atomic mass is 9.95. The molecule has 0 radical (unpaired) electrons. The van der Waals surface area contributed by atoms with Crippen LogP contribution in [0.1, 0.15) is 40.8 Å². The number of aromatic amines is 1. The highest BCUT2D eigenvalue weighted by Crippen LogP contribution is 2.29. The zero-order valence-electron chi connectivity index (χ0n) is 15.4. The van der Waals surface area contributed by atoms with Crippen LogP contribution in [0, 0.1) is 12.7 Å². The molecule has 2 aromatic heterocycles. The number of piperidine rings is 1. The topological polar surface area (TPSA) is 84.0 Å². The summed E-state index contributed by atoms with van der Waals surface area (Å²) in [6.07, 6.45) is 3.13. The van der Waals surface area contributed by atoms with Gasteiger partial charge in [-0.05, 0) is 50.1 Å². The zero-order valence-corrected chi connectivity index (χ0v) is 15.4. The van der Waals surface area contributed by atoms with Gasteiger partial charge in [-0.15, -0.1) is 0 Å². The summed E-state index contributed by atoms with van der Waals surface area (Å²) in [7, 11) is 0. The van der Waals surface area contributed by atoms with E-state index in [4.69, 9.17) is 4.74 Å². The molecule has 0 atom stereocenters. The van der Waals surface area contributed by atoms with Crippen LogP contribution in [0.2, 0.25) is 0 Å². The van der Waals surface area contributed by atoms with Crippen LogP contribution in [0.5, 0.6) is 11.6 Å². The number of nitrogens with zero attached hydrogens (tertiary/aromatic N) is 4. The quantitative estimate of drug-likeness (QED) is 0.748. The number of aryl methyl sites for hydroxylation is 1. The molecule has 28 heavy (non-hydrogen) atoms. The number of amides is 1. The van der Waals surface area contributed by atoms with Gasteiger partial charge in [0.05, 0.1) is 0 Å². The highest BCUT2D eigenvalue weighted by molar-refractivity contribution is 5.92. The van der Waals surface area contributed by atoms with Gasteiger partial charge in [-0.25, -0.2) is 9.37 Å². The number of ether oxygens (including phenoxy) is 1. The minimum absolute atomic E-state index is 0.0403. The van der Waals surface area contributed by atoms with Crippen LogP contribution < -0.4 is 4.74 Å². The number of halogens is 1. The Labute approximate surface area is 161 Å². The minimum Gasteiger partial charge on any atom is -0.439 e. The fraction of sp³-hybridized carbons (Fsp3) is 0.300. The van der Waals surface area contributed by atoms with Crippen molar-refractivity contribution in [3.05, 3.63) is 65.6 Å². The second-order valence-corrected chi connectivity index (χ2v) is 6.80. The number of carbonyl (C=O) groups is 1. The van der Waals surface area contributed by atoms with Gasteiger partial charge in [-0.1, -0.05) is 0 Å². The summed E-state index contributed by atoms with van der Waals surface area (Å²) in [4.78, 5) is 23.3. The lowest BCUT2D eigenvalue weighted by molar-refractivity contribution is 0.0705. The maximum absolute atomic E-state index is 13.1. The van der Waals surface area contributed by atoms with Crippen molar-refractivity contribution in [3.63, 3.8) is 0 Å². The second kappa shape index (κ2) is 7.75. The van der Waals surface area contributed by atoms with E-state index >= 15 is 0 Å². The molecule has 3 heterocycles. The number of rotatable bonds is 4. The van der Waals surface area contributed by atoms with Crippen molar-refractivity contribution in [3.8, 4) is 11.6 Å². The van der Waals surface area contributed by atoms with Crippen LogP contribution in [0.15, 0.2) is 42.6 Å². The largest absolute Gasteiger partial charge is 0.439 e. The van der Waals surface area contributed by atoms with Crippen LogP contribution in [-0.2, 0) is 0 Å². The molecule has 0 aliphatic carbocycles. The number of aromatic nitrogens is 4. The first kappa shape index (κ1) is 18.1. The number of carbonyl (C=O) groups excluding carboxylic acids is 1. The molecule has 7 nitrogen and oxygen atoms in total. The van der Waals surface area contributed by atoms with Gasteiger partial charge in [0.25, 0.3) is 5.91 Å². The Morgan fingerprint density at radius 3 is 2.61 bits per heavy atom. The van der Waals surface area contributed by atoms with Crippen molar-refractivity contribution in [1.29, 1.82) is 0 Å². The molecule has 0 saturated carbocycles. The molecule has 0 spiro atoms. The molecule has 1 saturated heterocycles. The van der Waals surface area contributed by atoms with E-state index in [1.807, 2.05) is 11.8 Å². The summed E-state index contributed by atoms with van der Waals surface area (Å²) in [5.74, 6) is 1.47. The summed E-state index contributed by atoms with van der Waals surface area (Å²) >= 11 is 0. The Morgan fingerprint density at radius 2 is 1.93 bits per heavy atom. The predicted molar refractivity (Wildman–Crippen MR) is 99.7 cm³/mol. The van der Waals surface area contributed by atoms with Gasteiger partial charge < -0.3 is 9.64 Å². The Hall–Kier alpha value is -3.29. The number of benzene rings is 1. The smallest absolute Gasteiger partial charge is 0.271 e. The molecular formula is C20H20FN5O2. The number of likely N-dealkylation sites (tertiary alicyclic amines) is 1. The molecule has 1 aliphatic rings. The number of H-pyrrole nitrogens is 1. The van der Waals surface area contributed by atoms with E-state index < -0.39 is 0 Å². The van der Waals surface area contributed by atoms with E-state index in [0.717, 1.165) is 18.5 Å². The first-order valence-corrected chi connectivity index (χ1v) is 9.16. The Balaban J connectivity index is 1.44. The highest BCUT2D eigenvalue weighted by Gasteiger charge is 2.27. The maximum Gasteiger partial charge on any atom is 0.271 e. The van der Waals surface area contributed by atoms with Gasteiger partial charge in [0, 0.05) is 37.0 Å². The van der Waals surface area contributed by atoms with Gasteiger partial charge in [0.15, 0.2) is 0 Å². The van der Waals surface area contributed by atoms with Crippen molar-refractivity contribution >= 4 is 5.91 Å². The van der Waals surface area contributed by atoms with Gasteiger partial charge in [-0.2, -0.15) is 10.1 Å². The third-order valence-corrected chi connectivity index (χ3v) is 4.76. The first-order valence-electron chi connectivity index (χ1n) is 9.16. The van der Waals surface area contributed by atoms with Crippen LogP contribution in [0.3, 0.4) is 0 Å². The monoisotopic (exact) mass is 381 g/mol. The molecule has 3 aromatic rings. The molecule has 1 N–H and O–H groups in total. The van der Waals surface area contributed by atoms with E-state index in [2.05, 4.69) is 20.2 Å². The molecule has 4 rings (SSSR count). The number of hydrogen-bond acceptors (Lipinski definition) is 5. The maximum atomic E-state index is 13.1. The normalized spacial score (nSPS) is 14.9. The summed E-state index contributed by atoms with van der Waals surface area (Å²) in [5, 5.41) is 6.54. The molecule has 0 unspecified atom stereocenters. The lowest BCUT2D eigenvalue weighted by Crippen LogP contribution is -2.38. The van der Waals surface area contributed by atoms with Crippen LogP contribution in [-0.4, -0.2) is 44.1 Å². The van der Waals surface area contributed by atoms with Crippen molar-refractivity contribution in [2.45, 2.75) is 25.7 Å². The van der Waals surface area contributed by atoms with E-state index in [0.29, 0.717) is 36.2 Å². The molecule has 144 valence electrons. The Kier molecular flexibility index (Phi) is 5.01.